The summed E-state index contributed by atoms with van der Waals surface area (Å²) in [5, 5.41) is 12.2. The lowest BCUT2D eigenvalue weighted by Gasteiger charge is -2.35. The Bertz CT molecular complexity index is 506. The Balaban J connectivity index is 2.52. The van der Waals surface area contributed by atoms with E-state index in [0.29, 0.717) is 13.1 Å². The Hall–Kier alpha value is -2.19. The minimum absolute atomic E-state index is 0.00548. The average molecular weight is 332 g/mol. The molecule has 0 radical (unpaired) electrons. The summed E-state index contributed by atoms with van der Waals surface area (Å²) in [6.07, 6.45) is 1.31. The summed E-state index contributed by atoms with van der Waals surface area (Å²) in [4.78, 5) is 20.4. The van der Waals surface area contributed by atoms with Crippen LogP contribution < -0.4 is 10.1 Å². The minimum atomic E-state index is -2.92. The van der Waals surface area contributed by atoms with Gasteiger partial charge in [-0.1, -0.05) is 6.92 Å². The average Bonchev–Trinajstić information content (AvgIpc) is 2.42. The van der Waals surface area contributed by atoms with Gasteiger partial charge in [0, 0.05) is 18.6 Å². The summed E-state index contributed by atoms with van der Waals surface area (Å²) >= 11 is 0. The number of halogens is 2. The number of amides is 1. The maximum absolute atomic E-state index is 12.0. The normalized spacial score (nSPS) is 12.8. The van der Waals surface area contributed by atoms with Crippen LogP contribution in [0, 0.1) is 5.92 Å². The van der Waals surface area contributed by atoms with Gasteiger partial charge in [-0.15, -0.1) is 0 Å². The highest BCUT2D eigenvalue weighted by molar-refractivity contribution is 5.66. The molecule has 0 saturated heterocycles. The number of anilines is 1. The van der Waals surface area contributed by atoms with E-state index in [0.717, 1.165) is 12.4 Å². The van der Waals surface area contributed by atoms with Gasteiger partial charge in [-0.3, -0.25) is 0 Å². The van der Waals surface area contributed by atoms with E-state index < -0.39 is 18.2 Å². The molecule has 130 valence electrons. The monoisotopic (exact) mass is 332 g/mol. The van der Waals surface area contributed by atoms with Crippen LogP contribution in [0.2, 0.25) is 0 Å². The molecule has 0 aliphatic rings. The number of carboxylic acid groups (broad SMARTS) is 1. The van der Waals surface area contributed by atoms with E-state index in [1.54, 1.807) is 0 Å². The molecule has 23 heavy (non-hydrogen) atoms. The summed E-state index contributed by atoms with van der Waals surface area (Å²) in [6.45, 7) is 5.23. The first kappa shape index (κ1) is 18.9. The molecule has 9 heteroatoms. The first-order valence-corrected chi connectivity index (χ1v) is 7.11. The zero-order chi connectivity index (χ0) is 17.6. The third-order valence-electron chi connectivity index (χ3n) is 3.00. The molecule has 7 nitrogen and oxygen atoms in total. The van der Waals surface area contributed by atoms with Crippen molar-refractivity contribution in [2.75, 3.05) is 18.4 Å². The Labute approximate surface area is 133 Å². The lowest BCUT2D eigenvalue weighted by Crippen LogP contribution is -2.47. The molecule has 0 spiro atoms. The third kappa shape index (κ3) is 6.62. The number of alkyl halides is 2. The van der Waals surface area contributed by atoms with Gasteiger partial charge in [0.25, 0.3) is 0 Å². The van der Waals surface area contributed by atoms with Crippen molar-refractivity contribution in [3.8, 4) is 5.75 Å². The molecule has 1 amide bonds. The molecule has 1 atom stereocenters. The summed E-state index contributed by atoms with van der Waals surface area (Å²) < 4.78 is 28.2. The Morgan fingerprint density at radius 2 is 1.96 bits per heavy atom. The van der Waals surface area contributed by atoms with Gasteiger partial charge in [0.2, 0.25) is 5.95 Å². The van der Waals surface area contributed by atoms with Gasteiger partial charge in [-0.25, -0.2) is 14.8 Å². The summed E-state index contributed by atoms with van der Waals surface area (Å²) in [6, 6.07) is 0. The van der Waals surface area contributed by atoms with Crippen molar-refractivity contribution in [3.63, 3.8) is 0 Å². The highest BCUT2D eigenvalue weighted by atomic mass is 19.3. The molecule has 0 bridgehead atoms. The summed E-state index contributed by atoms with van der Waals surface area (Å²) in [5.41, 5.74) is -0.495. The highest BCUT2D eigenvalue weighted by Crippen LogP contribution is 2.16. The Morgan fingerprint density at radius 1 is 1.39 bits per heavy atom. The number of nitrogens with zero attached hydrogens (tertiary/aromatic N) is 3. The second kappa shape index (κ2) is 7.89. The molecular formula is C14H22F2N4O3. The zero-order valence-electron chi connectivity index (χ0n) is 13.6. The lowest BCUT2D eigenvalue weighted by atomic mass is 10.0. The first-order valence-electron chi connectivity index (χ1n) is 7.11. The Morgan fingerprint density at radius 3 is 2.39 bits per heavy atom. The van der Waals surface area contributed by atoms with Crippen molar-refractivity contribution >= 4 is 12.0 Å². The molecule has 1 aromatic heterocycles. The number of aromatic nitrogens is 2. The van der Waals surface area contributed by atoms with Crippen LogP contribution in [-0.4, -0.2) is 51.3 Å². The van der Waals surface area contributed by atoms with E-state index >= 15 is 0 Å². The van der Waals surface area contributed by atoms with Gasteiger partial charge < -0.3 is 20.1 Å². The molecule has 0 aliphatic carbocycles. The van der Waals surface area contributed by atoms with Crippen LogP contribution >= 0.6 is 0 Å². The van der Waals surface area contributed by atoms with E-state index in [1.165, 1.54) is 4.90 Å². The van der Waals surface area contributed by atoms with Gasteiger partial charge in [-0.2, -0.15) is 8.78 Å². The van der Waals surface area contributed by atoms with E-state index in [9.17, 15) is 18.7 Å². The summed E-state index contributed by atoms with van der Waals surface area (Å²) in [5.74, 6) is 0.144. The van der Waals surface area contributed by atoms with Crippen LogP contribution in [0.15, 0.2) is 12.4 Å². The number of nitrogens with one attached hydrogen (secondary N) is 1. The molecule has 1 aromatic rings. The maximum Gasteiger partial charge on any atom is 0.407 e. The first-order chi connectivity index (χ1) is 10.6. The number of rotatable bonds is 7. The molecular weight excluding hydrogens is 310 g/mol. The van der Waals surface area contributed by atoms with Crippen molar-refractivity contribution in [1.82, 2.24) is 14.9 Å². The quantitative estimate of drug-likeness (QED) is 0.798. The fourth-order valence-electron chi connectivity index (χ4n) is 1.85. The van der Waals surface area contributed by atoms with Crippen LogP contribution in [0.3, 0.4) is 0 Å². The molecule has 1 unspecified atom stereocenters. The van der Waals surface area contributed by atoms with Gasteiger partial charge in [0.05, 0.1) is 12.4 Å². The van der Waals surface area contributed by atoms with Crippen molar-refractivity contribution in [1.29, 1.82) is 0 Å². The van der Waals surface area contributed by atoms with Gasteiger partial charge >= 0.3 is 12.7 Å². The Kier molecular flexibility index (Phi) is 6.47. The van der Waals surface area contributed by atoms with E-state index in [2.05, 4.69) is 20.0 Å². The predicted molar refractivity (Wildman–Crippen MR) is 80.8 cm³/mol. The number of ether oxygens (including phenoxy) is 1. The van der Waals surface area contributed by atoms with Crippen molar-refractivity contribution in [2.45, 2.75) is 39.8 Å². The number of carbonyl (C=O) groups is 1. The van der Waals surface area contributed by atoms with Crippen molar-refractivity contribution in [3.05, 3.63) is 12.4 Å². The van der Waals surface area contributed by atoms with Crippen molar-refractivity contribution < 1.29 is 23.4 Å². The molecule has 1 heterocycles. The molecule has 0 aromatic carbocycles. The fourth-order valence-corrected chi connectivity index (χ4v) is 1.85. The SMILES string of the molecule is CC(CNc1ncc(OC(F)F)cn1)CN(C(=O)O)C(C)(C)C. The zero-order valence-corrected chi connectivity index (χ0v) is 13.6. The summed E-state index contributed by atoms with van der Waals surface area (Å²) in [7, 11) is 0. The van der Waals surface area contributed by atoms with Crippen LogP contribution in [0.4, 0.5) is 19.5 Å². The van der Waals surface area contributed by atoms with Crippen LogP contribution in [0.5, 0.6) is 5.75 Å². The third-order valence-corrected chi connectivity index (χ3v) is 3.00. The van der Waals surface area contributed by atoms with Crippen LogP contribution in [0.1, 0.15) is 27.7 Å². The second-order valence-electron chi connectivity index (χ2n) is 6.17. The molecule has 0 fully saturated rings. The van der Waals surface area contributed by atoms with E-state index in [1.807, 2.05) is 27.7 Å². The predicted octanol–water partition coefficient (Wildman–Crippen LogP) is 2.90. The number of hydrogen-bond acceptors (Lipinski definition) is 5. The van der Waals surface area contributed by atoms with Gasteiger partial charge in [0.1, 0.15) is 0 Å². The standard InChI is InChI=1S/C14H22F2N4O3/c1-9(8-20(13(21)22)14(2,3)4)5-17-12-18-6-10(7-19-12)23-11(15)16/h6-7,9,11H,5,8H2,1-4H3,(H,21,22)(H,17,18,19). The van der Waals surface area contributed by atoms with Gasteiger partial charge in [0.15, 0.2) is 5.75 Å². The fraction of sp³-hybridized carbons (Fsp3) is 0.643. The molecule has 0 aliphatic heterocycles. The van der Waals surface area contributed by atoms with Gasteiger partial charge in [-0.05, 0) is 26.7 Å². The van der Waals surface area contributed by atoms with E-state index in [4.69, 9.17) is 0 Å². The minimum Gasteiger partial charge on any atom is -0.465 e. The van der Waals surface area contributed by atoms with Crippen LogP contribution in [-0.2, 0) is 0 Å². The lowest BCUT2D eigenvalue weighted by molar-refractivity contribution is -0.0503. The maximum atomic E-state index is 12.0. The van der Waals surface area contributed by atoms with E-state index in [-0.39, 0.29) is 17.6 Å². The van der Waals surface area contributed by atoms with Crippen molar-refractivity contribution in [2.24, 2.45) is 5.92 Å². The molecule has 0 saturated carbocycles. The largest absolute Gasteiger partial charge is 0.465 e. The highest BCUT2D eigenvalue weighted by Gasteiger charge is 2.27. The number of hydrogen-bond donors (Lipinski definition) is 2. The second-order valence-corrected chi connectivity index (χ2v) is 6.17. The molecule has 1 rings (SSSR count). The van der Waals surface area contributed by atoms with Crippen LogP contribution in [0.25, 0.3) is 0 Å². The topological polar surface area (TPSA) is 87.6 Å². The smallest absolute Gasteiger partial charge is 0.407 e. The molecule has 2 N–H and O–H groups in total.